The van der Waals surface area contributed by atoms with Crippen LogP contribution in [0, 0.1) is 19.3 Å². The molecule has 3 N–H and O–H groups in total. The number of benzene rings is 1. The fourth-order valence-electron chi connectivity index (χ4n) is 1.60. The molecule has 0 heterocycles. The molecule has 17 heavy (non-hydrogen) atoms. The van der Waals surface area contributed by atoms with Crippen LogP contribution in [0.25, 0.3) is 0 Å². The van der Waals surface area contributed by atoms with E-state index in [4.69, 9.17) is 12.2 Å². The molecule has 0 aliphatic carbocycles. The van der Waals surface area contributed by atoms with Gasteiger partial charge in [0.25, 0.3) is 5.91 Å². The van der Waals surface area contributed by atoms with E-state index >= 15 is 0 Å². The third-order valence-corrected chi connectivity index (χ3v) is 2.65. The van der Waals surface area contributed by atoms with Crippen molar-refractivity contribution >= 4 is 11.6 Å². The Morgan fingerprint density at radius 3 is 2.88 bits per heavy atom. The largest absolute Gasteiger partial charge is 0.398 e. The van der Waals surface area contributed by atoms with E-state index in [-0.39, 0.29) is 11.9 Å². The molecule has 0 fully saturated rings. The number of nitrogens with one attached hydrogen (secondary N) is 1. The Hall–Kier alpha value is -1.95. The summed E-state index contributed by atoms with van der Waals surface area (Å²) in [7, 11) is 0. The van der Waals surface area contributed by atoms with Crippen molar-refractivity contribution in [3.8, 4) is 12.3 Å². The number of rotatable bonds is 4. The second-order valence-corrected chi connectivity index (χ2v) is 4.02. The second kappa shape index (κ2) is 5.95. The molecule has 0 aliphatic rings. The lowest BCUT2D eigenvalue weighted by molar-refractivity contribution is 0.0945. The molecule has 1 atom stereocenters. The van der Waals surface area contributed by atoms with E-state index in [2.05, 4.69) is 11.2 Å². The van der Waals surface area contributed by atoms with Gasteiger partial charge in [-0.25, -0.2) is 0 Å². The summed E-state index contributed by atoms with van der Waals surface area (Å²) in [6.45, 7) is 3.90. The molecule has 1 aromatic rings. The van der Waals surface area contributed by atoms with Gasteiger partial charge >= 0.3 is 0 Å². The summed E-state index contributed by atoms with van der Waals surface area (Å²) in [6.07, 6.45) is 7.06. The van der Waals surface area contributed by atoms with Crippen LogP contribution < -0.4 is 11.1 Å². The molecular weight excluding hydrogens is 212 g/mol. The van der Waals surface area contributed by atoms with Crippen molar-refractivity contribution in [1.29, 1.82) is 0 Å². The molecule has 1 aromatic carbocycles. The number of nitrogen functional groups attached to an aromatic ring is 1. The Kier molecular flexibility index (Phi) is 4.59. The predicted molar refractivity (Wildman–Crippen MR) is 70.6 cm³/mol. The fraction of sp³-hybridized carbons (Fsp3) is 0.357. The minimum Gasteiger partial charge on any atom is -0.398 e. The lowest BCUT2D eigenvalue weighted by atomic mass is 10.1. The molecule has 0 saturated heterocycles. The quantitative estimate of drug-likeness (QED) is 0.615. The van der Waals surface area contributed by atoms with Gasteiger partial charge in [-0.05, 0) is 25.0 Å². The SMILES string of the molecule is C#CC(CCC)NC(=O)c1cccc(C)c1N. The highest BCUT2D eigenvalue weighted by atomic mass is 16.1. The second-order valence-electron chi connectivity index (χ2n) is 4.02. The first-order chi connectivity index (χ1) is 8.10. The predicted octanol–water partition coefficient (Wildman–Crippen LogP) is 2.11. The number of nitrogens with two attached hydrogens (primary N) is 1. The van der Waals surface area contributed by atoms with Crippen molar-refractivity contribution in [2.45, 2.75) is 32.7 Å². The van der Waals surface area contributed by atoms with Crippen LogP contribution >= 0.6 is 0 Å². The summed E-state index contributed by atoms with van der Waals surface area (Å²) in [5.41, 5.74) is 7.75. The van der Waals surface area contributed by atoms with E-state index in [0.717, 1.165) is 18.4 Å². The smallest absolute Gasteiger partial charge is 0.254 e. The van der Waals surface area contributed by atoms with Gasteiger partial charge < -0.3 is 11.1 Å². The number of carbonyl (C=O) groups excluding carboxylic acids is 1. The Morgan fingerprint density at radius 1 is 1.59 bits per heavy atom. The highest BCUT2D eigenvalue weighted by Crippen LogP contribution is 2.16. The first kappa shape index (κ1) is 13.1. The van der Waals surface area contributed by atoms with Crippen LogP contribution in [0.3, 0.4) is 0 Å². The van der Waals surface area contributed by atoms with Crippen LogP contribution in [0.5, 0.6) is 0 Å². The summed E-state index contributed by atoms with van der Waals surface area (Å²) >= 11 is 0. The monoisotopic (exact) mass is 230 g/mol. The Labute approximate surface area is 102 Å². The molecule has 0 aromatic heterocycles. The zero-order valence-electron chi connectivity index (χ0n) is 10.3. The van der Waals surface area contributed by atoms with Crippen molar-refractivity contribution in [3.63, 3.8) is 0 Å². The number of hydrogen-bond acceptors (Lipinski definition) is 2. The highest BCUT2D eigenvalue weighted by Gasteiger charge is 2.13. The maximum atomic E-state index is 12.0. The summed E-state index contributed by atoms with van der Waals surface area (Å²) in [5, 5.41) is 2.80. The number of amides is 1. The van der Waals surface area contributed by atoms with Crippen molar-refractivity contribution < 1.29 is 4.79 Å². The van der Waals surface area contributed by atoms with Crippen LogP contribution in [0.15, 0.2) is 18.2 Å². The van der Waals surface area contributed by atoms with Crippen molar-refractivity contribution in [2.75, 3.05) is 5.73 Å². The molecular formula is C14H18N2O. The molecule has 1 unspecified atom stereocenters. The Bertz CT molecular complexity index is 446. The third kappa shape index (κ3) is 3.25. The topological polar surface area (TPSA) is 55.1 Å². The number of para-hydroxylation sites is 1. The molecule has 0 radical (unpaired) electrons. The van der Waals surface area contributed by atoms with Crippen LogP contribution in [0.2, 0.25) is 0 Å². The van der Waals surface area contributed by atoms with Gasteiger partial charge in [0.15, 0.2) is 0 Å². The number of terminal acetylenes is 1. The van der Waals surface area contributed by atoms with Gasteiger partial charge in [0.2, 0.25) is 0 Å². The molecule has 0 aliphatic heterocycles. The summed E-state index contributed by atoms with van der Waals surface area (Å²) in [6, 6.07) is 5.16. The lowest BCUT2D eigenvalue weighted by Gasteiger charge is -2.13. The van der Waals surface area contributed by atoms with E-state index in [9.17, 15) is 4.79 Å². The third-order valence-electron chi connectivity index (χ3n) is 2.65. The van der Waals surface area contributed by atoms with E-state index in [0.29, 0.717) is 11.3 Å². The van der Waals surface area contributed by atoms with Crippen molar-refractivity contribution in [2.24, 2.45) is 0 Å². The van der Waals surface area contributed by atoms with Crippen LogP contribution in [0.1, 0.15) is 35.7 Å². The standard InChI is InChI=1S/C14H18N2O/c1-4-7-11(5-2)16-14(17)12-9-6-8-10(3)13(12)15/h2,6,8-9,11H,4,7,15H2,1,3H3,(H,16,17). The summed E-state index contributed by atoms with van der Waals surface area (Å²) in [4.78, 5) is 12.0. The first-order valence-corrected chi connectivity index (χ1v) is 5.72. The number of anilines is 1. The maximum absolute atomic E-state index is 12.0. The zero-order chi connectivity index (χ0) is 12.8. The van der Waals surface area contributed by atoms with Gasteiger partial charge in [-0.2, -0.15) is 0 Å². The van der Waals surface area contributed by atoms with Gasteiger partial charge in [-0.3, -0.25) is 4.79 Å². The van der Waals surface area contributed by atoms with Crippen molar-refractivity contribution in [3.05, 3.63) is 29.3 Å². The molecule has 0 bridgehead atoms. The summed E-state index contributed by atoms with van der Waals surface area (Å²) in [5.74, 6) is 2.36. The molecule has 0 spiro atoms. The minimum atomic E-state index is -0.229. The maximum Gasteiger partial charge on any atom is 0.254 e. The van der Waals surface area contributed by atoms with E-state index < -0.39 is 0 Å². The highest BCUT2D eigenvalue weighted by molar-refractivity contribution is 6.00. The van der Waals surface area contributed by atoms with Crippen LogP contribution in [-0.2, 0) is 0 Å². The van der Waals surface area contributed by atoms with E-state index in [1.54, 1.807) is 6.07 Å². The fourth-order valence-corrected chi connectivity index (χ4v) is 1.60. The van der Waals surface area contributed by atoms with Crippen LogP contribution in [0.4, 0.5) is 5.69 Å². The number of carbonyl (C=O) groups is 1. The average Bonchev–Trinajstić information content (AvgIpc) is 2.31. The molecule has 0 saturated carbocycles. The average molecular weight is 230 g/mol. The minimum absolute atomic E-state index is 0.206. The molecule has 90 valence electrons. The summed E-state index contributed by atoms with van der Waals surface area (Å²) < 4.78 is 0. The van der Waals surface area contributed by atoms with Crippen molar-refractivity contribution in [1.82, 2.24) is 5.32 Å². The Morgan fingerprint density at radius 2 is 2.29 bits per heavy atom. The van der Waals surface area contributed by atoms with Gasteiger partial charge in [-0.1, -0.05) is 31.4 Å². The zero-order valence-corrected chi connectivity index (χ0v) is 10.3. The van der Waals surface area contributed by atoms with E-state index in [1.165, 1.54) is 0 Å². The molecule has 1 rings (SSSR count). The van der Waals surface area contributed by atoms with Gasteiger partial charge in [0.1, 0.15) is 0 Å². The number of hydrogen-bond donors (Lipinski definition) is 2. The van der Waals surface area contributed by atoms with Gasteiger partial charge in [-0.15, -0.1) is 6.42 Å². The van der Waals surface area contributed by atoms with Gasteiger partial charge in [0, 0.05) is 5.69 Å². The normalized spacial score (nSPS) is 11.6. The van der Waals surface area contributed by atoms with E-state index in [1.807, 2.05) is 26.0 Å². The van der Waals surface area contributed by atoms with Crippen LogP contribution in [-0.4, -0.2) is 11.9 Å². The molecule has 1 amide bonds. The molecule has 3 nitrogen and oxygen atoms in total. The number of aryl methyl sites for hydroxylation is 1. The van der Waals surface area contributed by atoms with Gasteiger partial charge in [0.05, 0.1) is 11.6 Å². The lowest BCUT2D eigenvalue weighted by Crippen LogP contribution is -2.34. The Balaban J connectivity index is 2.83. The molecule has 3 heteroatoms. The first-order valence-electron chi connectivity index (χ1n) is 5.72.